The molecule has 0 radical (unpaired) electrons. The number of imidazole rings is 1. The van der Waals surface area contributed by atoms with Gasteiger partial charge in [0, 0.05) is 49.1 Å². The van der Waals surface area contributed by atoms with Crippen LogP contribution in [0.25, 0.3) is 28.2 Å². The normalized spacial score (nSPS) is 16.6. The Morgan fingerprint density at radius 3 is 2.71 bits per heavy atom. The van der Waals surface area contributed by atoms with Crippen LogP contribution in [0.4, 0.5) is 10.2 Å². The monoisotopic (exact) mass is 418 g/mol. The smallest absolute Gasteiger partial charge is 0.213 e. The topological polar surface area (TPSA) is 67.6 Å². The molecule has 0 spiro atoms. The van der Waals surface area contributed by atoms with E-state index in [4.69, 9.17) is 14.8 Å². The number of benzene rings is 1. The number of pyridine rings is 1. The highest BCUT2D eigenvalue weighted by Gasteiger charge is 2.21. The number of hydrogen-bond acceptors (Lipinski definition) is 6. The van der Waals surface area contributed by atoms with Crippen LogP contribution in [0.5, 0.6) is 5.88 Å². The standard InChI is InChI=1S/C23H23FN6O/c1-15-14-29(12-11-25-15)20-8-7-19-27-22(16-3-5-18(24)6-4-16)23(30(19)28-20)17-9-10-26-21(13-17)31-2/h3-10,13,15,25H,11-12,14H2,1-2H3/t15-/m1/s1. The van der Waals surface area contributed by atoms with E-state index in [1.807, 2.05) is 28.8 Å². The number of nitrogens with zero attached hydrogens (tertiary/aromatic N) is 5. The van der Waals surface area contributed by atoms with Gasteiger partial charge < -0.3 is 15.0 Å². The van der Waals surface area contributed by atoms with Crippen molar-refractivity contribution in [3.63, 3.8) is 0 Å². The molecule has 4 heterocycles. The van der Waals surface area contributed by atoms with Gasteiger partial charge in [-0.25, -0.2) is 18.9 Å². The Hall–Kier alpha value is -3.52. The SMILES string of the molecule is COc1cc(-c2c(-c3ccc(F)cc3)nc3ccc(N4CCN[C@H](C)C4)nn23)ccn1. The lowest BCUT2D eigenvalue weighted by Crippen LogP contribution is -2.49. The second-order valence-corrected chi connectivity index (χ2v) is 7.67. The Bertz CT molecular complexity index is 1220. The molecule has 8 heteroatoms. The van der Waals surface area contributed by atoms with Gasteiger partial charge in [-0.3, -0.25) is 0 Å². The van der Waals surface area contributed by atoms with Crippen molar-refractivity contribution in [1.82, 2.24) is 24.9 Å². The summed E-state index contributed by atoms with van der Waals surface area (Å²) in [4.78, 5) is 11.3. The molecule has 1 fully saturated rings. The Labute approximate surface area is 179 Å². The molecule has 0 unspecified atom stereocenters. The van der Waals surface area contributed by atoms with Crippen molar-refractivity contribution in [3.8, 4) is 28.4 Å². The van der Waals surface area contributed by atoms with Gasteiger partial charge >= 0.3 is 0 Å². The van der Waals surface area contributed by atoms with E-state index in [9.17, 15) is 4.39 Å². The first-order chi connectivity index (χ1) is 15.1. The molecule has 1 aliphatic heterocycles. The van der Waals surface area contributed by atoms with Crippen molar-refractivity contribution >= 4 is 11.5 Å². The number of fused-ring (bicyclic) bond motifs is 1. The van der Waals surface area contributed by atoms with E-state index in [0.29, 0.717) is 11.9 Å². The van der Waals surface area contributed by atoms with E-state index in [2.05, 4.69) is 22.1 Å². The highest BCUT2D eigenvalue weighted by molar-refractivity contribution is 5.82. The van der Waals surface area contributed by atoms with Crippen molar-refractivity contribution in [1.29, 1.82) is 0 Å². The third-order valence-corrected chi connectivity index (χ3v) is 5.49. The molecule has 1 saturated heterocycles. The van der Waals surface area contributed by atoms with Crippen LogP contribution in [0, 0.1) is 5.82 Å². The van der Waals surface area contributed by atoms with Gasteiger partial charge in [-0.2, -0.15) is 0 Å². The van der Waals surface area contributed by atoms with Crippen LogP contribution in [0.3, 0.4) is 0 Å². The molecule has 0 amide bonds. The number of methoxy groups -OCH3 is 1. The number of halogens is 1. The minimum atomic E-state index is -0.284. The minimum Gasteiger partial charge on any atom is -0.481 e. The van der Waals surface area contributed by atoms with Crippen molar-refractivity contribution < 1.29 is 9.13 Å². The van der Waals surface area contributed by atoms with E-state index < -0.39 is 0 Å². The molecule has 1 aliphatic rings. The second kappa shape index (κ2) is 7.96. The zero-order valence-electron chi connectivity index (χ0n) is 17.4. The van der Waals surface area contributed by atoms with Gasteiger partial charge in [0.25, 0.3) is 0 Å². The predicted molar refractivity (Wildman–Crippen MR) is 118 cm³/mol. The van der Waals surface area contributed by atoms with E-state index in [0.717, 1.165) is 53.6 Å². The number of aromatic nitrogens is 4. The van der Waals surface area contributed by atoms with Gasteiger partial charge in [-0.1, -0.05) is 0 Å². The number of piperazine rings is 1. The van der Waals surface area contributed by atoms with Crippen LogP contribution >= 0.6 is 0 Å². The molecule has 1 aromatic carbocycles. The summed E-state index contributed by atoms with van der Waals surface area (Å²) in [5.41, 5.74) is 3.95. The lowest BCUT2D eigenvalue weighted by Gasteiger charge is -2.32. The van der Waals surface area contributed by atoms with E-state index in [1.165, 1.54) is 12.1 Å². The quantitative estimate of drug-likeness (QED) is 0.548. The molecule has 0 bridgehead atoms. The number of nitrogens with one attached hydrogen (secondary N) is 1. The van der Waals surface area contributed by atoms with E-state index in [-0.39, 0.29) is 5.82 Å². The van der Waals surface area contributed by atoms with Crippen LogP contribution in [-0.2, 0) is 0 Å². The van der Waals surface area contributed by atoms with Crippen LogP contribution in [0.1, 0.15) is 6.92 Å². The van der Waals surface area contributed by atoms with Gasteiger partial charge in [-0.15, -0.1) is 5.10 Å². The first-order valence-corrected chi connectivity index (χ1v) is 10.3. The summed E-state index contributed by atoms with van der Waals surface area (Å²) >= 11 is 0. The molecule has 1 N–H and O–H groups in total. The van der Waals surface area contributed by atoms with Crippen LogP contribution in [0.15, 0.2) is 54.7 Å². The Balaban J connectivity index is 1.71. The fraction of sp³-hybridized carbons (Fsp3) is 0.261. The minimum absolute atomic E-state index is 0.284. The maximum absolute atomic E-state index is 13.5. The van der Waals surface area contributed by atoms with E-state index in [1.54, 1.807) is 25.4 Å². The summed E-state index contributed by atoms with van der Waals surface area (Å²) < 4.78 is 20.7. The first kappa shape index (κ1) is 19.4. The van der Waals surface area contributed by atoms with Gasteiger partial charge in [0.05, 0.1) is 12.8 Å². The van der Waals surface area contributed by atoms with Gasteiger partial charge in [0.1, 0.15) is 17.3 Å². The zero-order valence-corrected chi connectivity index (χ0v) is 17.4. The summed E-state index contributed by atoms with van der Waals surface area (Å²) in [7, 11) is 1.59. The number of ether oxygens (including phenoxy) is 1. The van der Waals surface area contributed by atoms with Crippen LogP contribution in [-0.4, -0.2) is 52.4 Å². The molecular formula is C23H23FN6O. The van der Waals surface area contributed by atoms with Crippen molar-refractivity contribution in [2.75, 3.05) is 31.6 Å². The van der Waals surface area contributed by atoms with Crippen LogP contribution in [0.2, 0.25) is 0 Å². The Morgan fingerprint density at radius 2 is 1.94 bits per heavy atom. The third kappa shape index (κ3) is 3.70. The van der Waals surface area contributed by atoms with E-state index >= 15 is 0 Å². The number of anilines is 1. The fourth-order valence-corrected chi connectivity index (χ4v) is 3.97. The average Bonchev–Trinajstić information content (AvgIpc) is 3.18. The molecule has 158 valence electrons. The summed E-state index contributed by atoms with van der Waals surface area (Å²) in [6, 6.07) is 14.5. The maximum Gasteiger partial charge on any atom is 0.213 e. The van der Waals surface area contributed by atoms with Gasteiger partial charge in [0.15, 0.2) is 5.65 Å². The molecule has 0 aliphatic carbocycles. The Kier molecular flexibility index (Phi) is 4.99. The number of rotatable bonds is 4. The predicted octanol–water partition coefficient (Wildman–Crippen LogP) is 3.40. The molecule has 7 nitrogen and oxygen atoms in total. The summed E-state index contributed by atoms with van der Waals surface area (Å²) in [5.74, 6) is 1.11. The molecule has 0 saturated carbocycles. The summed E-state index contributed by atoms with van der Waals surface area (Å²) in [6.45, 7) is 4.86. The molecule has 3 aromatic heterocycles. The largest absolute Gasteiger partial charge is 0.481 e. The second-order valence-electron chi connectivity index (χ2n) is 7.67. The van der Waals surface area contributed by atoms with Gasteiger partial charge in [0.2, 0.25) is 5.88 Å². The lowest BCUT2D eigenvalue weighted by atomic mass is 10.1. The maximum atomic E-state index is 13.5. The summed E-state index contributed by atoms with van der Waals surface area (Å²) in [5, 5.41) is 8.40. The van der Waals surface area contributed by atoms with Crippen molar-refractivity contribution in [2.45, 2.75) is 13.0 Å². The van der Waals surface area contributed by atoms with Gasteiger partial charge in [-0.05, 0) is 49.4 Å². The van der Waals surface area contributed by atoms with Crippen LogP contribution < -0.4 is 15.0 Å². The Morgan fingerprint density at radius 1 is 1.10 bits per heavy atom. The lowest BCUT2D eigenvalue weighted by molar-refractivity contribution is 0.398. The zero-order chi connectivity index (χ0) is 21.4. The first-order valence-electron chi connectivity index (χ1n) is 10.3. The molecule has 5 rings (SSSR count). The molecule has 4 aromatic rings. The summed E-state index contributed by atoms with van der Waals surface area (Å²) in [6.07, 6.45) is 1.70. The molecule has 31 heavy (non-hydrogen) atoms. The highest BCUT2D eigenvalue weighted by atomic mass is 19.1. The van der Waals surface area contributed by atoms with Crippen molar-refractivity contribution in [2.24, 2.45) is 0 Å². The molecular weight excluding hydrogens is 395 g/mol. The van der Waals surface area contributed by atoms with Crippen molar-refractivity contribution in [3.05, 3.63) is 60.5 Å². The number of hydrogen-bond donors (Lipinski definition) is 1. The average molecular weight is 418 g/mol. The fourth-order valence-electron chi connectivity index (χ4n) is 3.97. The third-order valence-electron chi connectivity index (χ3n) is 5.49. The molecule has 1 atom stereocenters. The highest BCUT2D eigenvalue weighted by Crippen LogP contribution is 2.34.